The van der Waals surface area contributed by atoms with Crippen LogP contribution >= 0.6 is 27.5 Å². The number of nitrogens with two attached hydrogens (primary N) is 1. The van der Waals surface area contributed by atoms with Crippen LogP contribution in [0.5, 0.6) is 5.75 Å². The van der Waals surface area contributed by atoms with E-state index in [1.165, 1.54) is 17.0 Å². The van der Waals surface area contributed by atoms with Gasteiger partial charge >= 0.3 is 0 Å². The molecule has 1 aliphatic heterocycles. The molecular weight excluding hydrogens is 360 g/mol. The van der Waals surface area contributed by atoms with Crippen molar-refractivity contribution in [3.63, 3.8) is 0 Å². The molecule has 104 valence electrons. The Balaban J connectivity index is 2.41. The Bertz CT molecular complexity index is 649. The third kappa shape index (κ3) is 2.86. The molecule has 0 aliphatic carbocycles. The average Bonchev–Trinajstić information content (AvgIpc) is 2.65. The Morgan fingerprint density at radius 3 is 2.63 bits per heavy atom. The number of anilines is 1. The van der Waals surface area contributed by atoms with Crippen LogP contribution in [0.25, 0.3) is 0 Å². The maximum atomic E-state index is 11.8. The van der Waals surface area contributed by atoms with E-state index in [-0.39, 0.29) is 24.4 Å². The van der Waals surface area contributed by atoms with Crippen molar-refractivity contribution < 1.29 is 18.3 Å². The van der Waals surface area contributed by atoms with Crippen molar-refractivity contribution >= 4 is 49.1 Å². The quantitative estimate of drug-likeness (QED) is 0.818. The van der Waals surface area contributed by atoms with Crippen molar-refractivity contribution in [1.29, 1.82) is 0 Å². The van der Waals surface area contributed by atoms with E-state index in [1.54, 1.807) is 0 Å². The molecule has 9 heteroatoms. The van der Waals surface area contributed by atoms with E-state index in [2.05, 4.69) is 15.9 Å². The molecule has 6 nitrogen and oxygen atoms in total. The minimum Gasteiger partial charge on any atom is -0.505 e. The van der Waals surface area contributed by atoms with Crippen molar-refractivity contribution in [1.82, 2.24) is 0 Å². The molecule has 1 aromatic carbocycles. The van der Waals surface area contributed by atoms with Crippen LogP contribution in [0.1, 0.15) is 6.42 Å². The second-order valence-corrected chi connectivity index (χ2v) is 7.31. The van der Waals surface area contributed by atoms with Gasteiger partial charge in [0.15, 0.2) is 5.75 Å². The molecule has 2 rings (SSSR count). The summed E-state index contributed by atoms with van der Waals surface area (Å²) in [7, 11) is -3.80. The van der Waals surface area contributed by atoms with Gasteiger partial charge in [-0.15, -0.1) is 0 Å². The fourth-order valence-corrected chi connectivity index (χ4v) is 3.41. The number of phenols is 1. The Hall–Kier alpha value is -0.830. The highest BCUT2D eigenvalue weighted by Crippen LogP contribution is 2.39. The normalized spacial score (nSPS) is 20.1. The van der Waals surface area contributed by atoms with Crippen LogP contribution in [0.2, 0.25) is 5.02 Å². The number of carbonyl (C=O) groups excluding carboxylic acids is 1. The molecule has 1 unspecified atom stereocenters. The first-order valence-corrected chi connectivity index (χ1v) is 7.98. The fourth-order valence-electron chi connectivity index (χ4n) is 1.89. The highest BCUT2D eigenvalue weighted by atomic mass is 79.9. The van der Waals surface area contributed by atoms with E-state index in [0.717, 1.165) is 0 Å². The monoisotopic (exact) mass is 368 g/mol. The highest BCUT2D eigenvalue weighted by molar-refractivity contribution is 9.10. The zero-order valence-corrected chi connectivity index (χ0v) is 12.7. The van der Waals surface area contributed by atoms with E-state index in [9.17, 15) is 18.3 Å². The maximum absolute atomic E-state index is 11.8. The number of sulfonamides is 1. The number of phenolic OH excluding ortho intramolecular Hbond substituents is 1. The van der Waals surface area contributed by atoms with Crippen LogP contribution in [0.3, 0.4) is 0 Å². The van der Waals surface area contributed by atoms with Crippen molar-refractivity contribution in [2.45, 2.75) is 11.7 Å². The van der Waals surface area contributed by atoms with Gasteiger partial charge in [-0.1, -0.05) is 11.6 Å². The first-order valence-electron chi connectivity index (χ1n) is 5.20. The van der Waals surface area contributed by atoms with Crippen LogP contribution in [0.4, 0.5) is 5.69 Å². The third-order valence-electron chi connectivity index (χ3n) is 2.85. The number of aromatic hydroxyl groups is 1. The predicted molar refractivity (Wildman–Crippen MR) is 74.7 cm³/mol. The van der Waals surface area contributed by atoms with Gasteiger partial charge in [-0.25, -0.2) is 13.6 Å². The van der Waals surface area contributed by atoms with Gasteiger partial charge in [-0.3, -0.25) is 4.79 Å². The van der Waals surface area contributed by atoms with Gasteiger partial charge in [0.25, 0.3) is 0 Å². The summed E-state index contributed by atoms with van der Waals surface area (Å²) in [5.74, 6) is -0.601. The number of nitrogens with zero attached hydrogens (tertiary/aromatic N) is 1. The van der Waals surface area contributed by atoms with Crippen molar-refractivity contribution in [2.24, 2.45) is 5.14 Å². The Kier molecular flexibility index (Phi) is 3.78. The van der Waals surface area contributed by atoms with Crippen LogP contribution in [0.15, 0.2) is 16.6 Å². The van der Waals surface area contributed by atoms with E-state index in [1.807, 2.05) is 0 Å². The lowest BCUT2D eigenvalue weighted by Crippen LogP contribution is -2.32. The molecule has 1 heterocycles. The second kappa shape index (κ2) is 4.93. The number of primary sulfonamides is 1. The zero-order chi connectivity index (χ0) is 14.4. The molecule has 3 N–H and O–H groups in total. The largest absolute Gasteiger partial charge is 0.505 e. The van der Waals surface area contributed by atoms with Gasteiger partial charge in [-0.05, 0) is 28.1 Å². The summed E-state index contributed by atoms with van der Waals surface area (Å²) in [5.41, 5.74) is 0.163. The summed E-state index contributed by atoms with van der Waals surface area (Å²) in [6.45, 7) is -0.0992. The van der Waals surface area contributed by atoms with Gasteiger partial charge in [-0.2, -0.15) is 0 Å². The van der Waals surface area contributed by atoms with Crippen LogP contribution in [-0.2, 0) is 14.8 Å². The lowest BCUT2D eigenvalue weighted by atomic mass is 10.2. The summed E-state index contributed by atoms with van der Waals surface area (Å²) in [6, 6.07) is 2.86. The first-order chi connectivity index (χ1) is 8.70. The maximum Gasteiger partial charge on any atom is 0.228 e. The highest BCUT2D eigenvalue weighted by Gasteiger charge is 2.38. The number of hydrogen-bond acceptors (Lipinski definition) is 4. The molecule has 19 heavy (non-hydrogen) atoms. The molecule has 1 amide bonds. The van der Waals surface area contributed by atoms with E-state index >= 15 is 0 Å². The number of amides is 1. The lowest BCUT2D eigenvalue weighted by molar-refractivity contribution is -0.117. The molecule has 0 bridgehead atoms. The molecule has 1 fully saturated rings. The SMILES string of the molecule is NS(=O)(=O)C1CC(=O)N(c2cc(Cl)cc(Br)c2O)C1. The molecule has 1 atom stereocenters. The molecular formula is C10H10BrClN2O4S. The minimum atomic E-state index is -3.80. The molecule has 0 aromatic heterocycles. The smallest absolute Gasteiger partial charge is 0.228 e. The van der Waals surface area contributed by atoms with Gasteiger partial charge in [0.1, 0.15) is 5.25 Å². The molecule has 1 saturated heterocycles. The standard InChI is InChI=1S/C10H10BrClN2O4S/c11-7-1-5(12)2-8(10(7)16)14-4-6(3-9(14)15)19(13,17)18/h1-2,6,16H,3-4H2,(H2,13,17,18). The number of carbonyl (C=O) groups is 1. The van der Waals surface area contributed by atoms with E-state index in [0.29, 0.717) is 9.50 Å². The van der Waals surface area contributed by atoms with E-state index < -0.39 is 21.2 Å². The van der Waals surface area contributed by atoms with Gasteiger partial charge in [0, 0.05) is 18.0 Å². The lowest BCUT2D eigenvalue weighted by Gasteiger charge is -2.18. The van der Waals surface area contributed by atoms with Crippen molar-refractivity contribution in [3.05, 3.63) is 21.6 Å². The Labute approximate surface area is 123 Å². The molecule has 0 spiro atoms. The zero-order valence-electron chi connectivity index (χ0n) is 9.51. The first kappa shape index (κ1) is 14.6. The third-order valence-corrected chi connectivity index (χ3v) is 4.92. The predicted octanol–water partition coefficient (Wildman–Crippen LogP) is 1.20. The molecule has 0 radical (unpaired) electrons. The summed E-state index contributed by atoms with van der Waals surface area (Å²) in [4.78, 5) is 13.0. The van der Waals surface area contributed by atoms with Crippen molar-refractivity contribution in [2.75, 3.05) is 11.4 Å². The molecule has 1 aromatic rings. The van der Waals surface area contributed by atoms with Gasteiger partial charge < -0.3 is 10.0 Å². The van der Waals surface area contributed by atoms with Gasteiger partial charge in [0.2, 0.25) is 15.9 Å². The number of hydrogen-bond donors (Lipinski definition) is 2. The summed E-state index contributed by atoms with van der Waals surface area (Å²) < 4.78 is 22.9. The summed E-state index contributed by atoms with van der Waals surface area (Å²) in [6.07, 6.45) is -0.206. The fraction of sp³-hybridized carbons (Fsp3) is 0.300. The van der Waals surface area contributed by atoms with Crippen molar-refractivity contribution in [3.8, 4) is 5.75 Å². The topological polar surface area (TPSA) is 101 Å². The van der Waals surface area contributed by atoms with E-state index in [4.69, 9.17) is 16.7 Å². The summed E-state index contributed by atoms with van der Waals surface area (Å²) in [5, 5.41) is 14.3. The summed E-state index contributed by atoms with van der Waals surface area (Å²) >= 11 is 8.96. The minimum absolute atomic E-state index is 0.0992. The Morgan fingerprint density at radius 2 is 2.11 bits per heavy atom. The molecule has 0 saturated carbocycles. The van der Waals surface area contributed by atoms with Crippen LogP contribution in [-0.4, -0.2) is 31.2 Å². The molecule has 1 aliphatic rings. The average molecular weight is 370 g/mol. The number of halogens is 2. The van der Waals surface area contributed by atoms with Gasteiger partial charge in [0.05, 0.1) is 10.2 Å². The number of benzene rings is 1. The second-order valence-electron chi connectivity index (χ2n) is 4.17. The Morgan fingerprint density at radius 1 is 1.47 bits per heavy atom. The van der Waals surface area contributed by atoms with Crippen LogP contribution in [0, 0.1) is 0 Å². The number of rotatable bonds is 2. The van der Waals surface area contributed by atoms with Crippen LogP contribution < -0.4 is 10.0 Å².